The number of halogens is 1. The molecule has 0 atom stereocenters. The number of ether oxygens (including phenoxy) is 1. The zero-order chi connectivity index (χ0) is 27.4. The molecule has 0 saturated carbocycles. The molecule has 2 amide bonds. The number of fused-ring (bicyclic) bond motifs is 1. The number of aromatic nitrogens is 2. The summed E-state index contributed by atoms with van der Waals surface area (Å²) in [6.07, 6.45) is 11.7. The highest BCUT2D eigenvalue weighted by Crippen LogP contribution is 2.42. The van der Waals surface area contributed by atoms with Crippen LogP contribution < -0.4 is 5.56 Å². The van der Waals surface area contributed by atoms with Gasteiger partial charge in [-0.2, -0.15) is 5.10 Å². The van der Waals surface area contributed by atoms with Gasteiger partial charge in [0.25, 0.3) is 11.5 Å². The fraction of sp³-hybridized carbons (Fsp3) is 0.333. The van der Waals surface area contributed by atoms with E-state index in [1.54, 1.807) is 28.0 Å². The van der Waals surface area contributed by atoms with Gasteiger partial charge in [0.1, 0.15) is 5.82 Å². The Bertz CT molecular complexity index is 1530. The molecule has 2 aromatic carbocycles. The number of hydrogen-bond donors (Lipinski definition) is 1. The van der Waals surface area contributed by atoms with E-state index in [9.17, 15) is 18.8 Å². The molecule has 1 fully saturated rings. The molecule has 3 aromatic rings. The lowest BCUT2D eigenvalue weighted by molar-refractivity contribution is 0.0543. The zero-order valence-electron chi connectivity index (χ0n) is 21.5. The summed E-state index contributed by atoms with van der Waals surface area (Å²) in [7, 11) is 0. The van der Waals surface area contributed by atoms with E-state index >= 15 is 0 Å². The second-order valence-corrected chi connectivity index (χ2v) is 9.95. The molecular formula is C30H29FN4O4. The number of nitrogens with one attached hydrogen (secondary N) is 1. The molecule has 5 rings (SSSR count). The number of hydrogen-bond acceptors (Lipinski definition) is 5. The maximum Gasteiger partial charge on any atom is 0.409 e. The van der Waals surface area contributed by atoms with Gasteiger partial charge < -0.3 is 14.5 Å². The van der Waals surface area contributed by atoms with Crippen molar-refractivity contribution in [3.8, 4) is 12.3 Å². The Morgan fingerprint density at radius 3 is 2.49 bits per heavy atom. The molecule has 200 valence electrons. The second-order valence-electron chi connectivity index (χ2n) is 9.95. The van der Waals surface area contributed by atoms with Gasteiger partial charge in [0.15, 0.2) is 0 Å². The van der Waals surface area contributed by atoms with Crippen molar-refractivity contribution in [3.05, 3.63) is 87.6 Å². The molecule has 0 unspecified atom stereocenters. The SMILES string of the molecule is C#CCCC1(CCOC(=O)N2CCN(C(=O)c3cc(Cc4n[nH]c(=O)c5ccccc45)ccc3F)CC2)C=C1. The molecule has 1 N–H and O–H groups in total. The van der Waals surface area contributed by atoms with Crippen LogP contribution in [0.5, 0.6) is 0 Å². The summed E-state index contributed by atoms with van der Waals surface area (Å²) in [5.41, 5.74) is 0.985. The van der Waals surface area contributed by atoms with Crippen LogP contribution in [-0.4, -0.2) is 64.8 Å². The van der Waals surface area contributed by atoms with Crippen molar-refractivity contribution in [1.29, 1.82) is 0 Å². The number of allylic oxidation sites excluding steroid dienone is 2. The molecule has 0 spiro atoms. The van der Waals surface area contributed by atoms with E-state index in [-0.39, 0.29) is 29.6 Å². The minimum atomic E-state index is -0.614. The van der Waals surface area contributed by atoms with Gasteiger partial charge in [0.2, 0.25) is 0 Å². The number of carbonyl (C=O) groups excluding carboxylic acids is 2. The van der Waals surface area contributed by atoms with Crippen LogP contribution in [0.1, 0.15) is 40.9 Å². The summed E-state index contributed by atoms with van der Waals surface area (Å²) < 4.78 is 20.2. The number of benzene rings is 2. The molecule has 2 aliphatic rings. The van der Waals surface area contributed by atoms with Crippen molar-refractivity contribution in [2.75, 3.05) is 32.8 Å². The fourth-order valence-electron chi connectivity index (χ4n) is 4.91. The number of aromatic amines is 1. The van der Waals surface area contributed by atoms with Crippen LogP contribution in [0, 0.1) is 23.6 Å². The summed E-state index contributed by atoms with van der Waals surface area (Å²) >= 11 is 0. The predicted octanol–water partition coefficient (Wildman–Crippen LogP) is 3.91. The Hall–Kier alpha value is -4.45. The molecule has 0 radical (unpaired) electrons. The van der Waals surface area contributed by atoms with Gasteiger partial charge in [-0.05, 0) is 36.6 Å². The highest BCUT2D eigenvalue weighted by atomic mass is 19.1. The van der Waals surface area contributed by atoms with Gasteiger partial charge in [-0.25, -0.2) is 14.3 Å². The summed E-state index contributed by atoms with van der Waals surface area (Å²) in [6.45, 7) is 1.46. The van der Waals surface area contributed by atoms with Crippen molar-refractivity contribution in [1.82, 2.24) is 20.0 Å². The molecule has 1 aliphatic carbocycles. The Labute approximate surface area is 225 Å². The largest absolute Gasteiger partial charge is 0.449 e. The van der Waals surface area contributed by atoms with E-state index in [2.05, 4.69) is 28.3 Å². The topological polar surface area (TPSA) is 95.6 Å². The predicted molar refractivity (Wildman–Crippen MR) is 145 cm³/mol. The Morgan fingerprint density at radius 1 is 1.05 bits per heavy atom. The third kappa shape index (κ3) is 5.85. The number of amides is 2. The van der Waals surface area contributed by atoms with Gasteiger partial charge in [0, 0.05) is 49.8 Å². The molecule has 8 nitrogen and oxygen atoms in total. The van der Waals surface area contributed by atoms with E-state index in [1.165, 1.54) is 12.1 Å². The third-order valence-corrected chi connectivity index (χ3v) is 7.40. The van der Waals surface area contributed by atoms with Gasteiger partial charge in [-0.1, -0.05) is 36.4 Å². The minimum Gasteiger partial charge on any atom is -0.449 e. The molecular weight excluding hydrogens is 499 g/mol. The van der Waals surface area contributed by atoms with Crippen LogP contribution in [-0.2, 0) is 11.2 Å². The molecule has 0 bridgehead atoms. The number of piperazine rings is 1. The van der Waals surface area contributed by atoms with Gasteiger partial charge in [-0.15, -0.1) is 12.3 Å². The summed E-state index contributed by atoms with van der Waals surface area (Å²) in [5.74, 6) is 1.59. The maximum atomic E-state index is 14.7. The first-order valence-electron chi connectivity index (χ1n) is 13.0. The van der Waals surface area contributed by atoms with Crippen LogP contribution in [0.25, 0.3) is 10.8 Å². The lowest BCUT2D eigenvalue weighted by Crippen LogP contribution is -2.51. The molecule has 9 heteroatoms. The highest BCUT2D eigenvalue weighted by molar-refractivity contribution is 5.95. The summed E-state index contributed by atoms with van der Waals surface area (Å²) in [6, 6.07) is 11.5. The zero-order valence-corrected chi connectivity index (χ0v) is 21.5. The molecule has 39 heavy (non-hydrogen) atoms. The number of nitrogens with zero attached hydrogens (tertiary/aromatic N) is 3. The average Bonchev–Trinajstić information content (AvgIpc) is 3.74. The first-order chi connectivity index (χ1) is 18.9. The maximum absolute atomic E-state index is 14.7. The van der Waals surface area contributed by atoms with Crippen molar-refractivity contribution < 1.29 is 18.7 Å². The quantitative estimate of drug-likeness (QED) is 0.353. The number of rotatable bonds is 8. The smallest absolute Gasteiger partial charge is 0.409 e. The normalized spacial score (nSPS) is 15.7. The Kier molecular flexibility index (Phi) is 7.46. The molecule has 1 aromatic heterocycles. The van der Waals surface area contributed by atoms with Crippen molar-refractivity contribution >= 4 is 22.8 Å². The van der Waals surface area contributed by atoms with E-state index < -0.39 is 17.8 Å². The first-order valence-corrected chi connectivity index (χ1v) is 13.0. The van der Waals surface area contributed by atoms with E-state index in [0.29, 0.717) is 61.0 Å². The van der Waals surface area contributed by atoms with Crippen LogP contribution in [0.4, 0.5) is 9.18 Å². The summed E-state index contributed by atoms with van der Waals surface area (Å²) in [5, 5.41) is 7.90. The lowest BCUT2D eigenvalue weighted by Gasteiger charge is -2.34. The van der Waals surface area contributed by atoms with E-state index in [0.717, 1.165) is 6.42 Å². The van der Waals surface area contributed by atoms with Crippen molar-refractivity contribution in [2.45, 2.75) is 25.7 Å². The van der Waals surface area contributed by atoms with Gasteiger partial charge in [0.05, 0.1) is 23.3 Å². The van der Waals surface area contributed by atoms with Crippen LogP contribution in [0.2, 0.25) is 0 Å². The summed E-state index contributed by atoms with van der Waals surface area (Å²) in [4.78, 5) is 40.9. The molecule has 1 saturated heterocycles. The number of terminal acetylenes is 1. The fourth-order valence-corrected chi connectivity index (χ4v) is 4.91. The van der Waals surface area contributed by atoms with Crippen LogP contribution in [0.3, 0.4) is 0 Å². The monoisotopic (exact) mass is 528 g/mol. The molecule has 2 heterocycles. The third-order valence-electron chi connectivity index (χ3n) is 7.40. The second kappa shape index (κ2) is 11.1. The lowest BCUT2D eigenvalue weighted by atomic mass is 9.94. The van der Waals surface area contributed by atoms with Gasteiger partial charge in [-0.3, -0.25) is 9.59 Å². The Balaban J connectivity index is 1.18. The number of carbonyl (C=O) groups is 2. The highest BCUT2D eigenvalue weighted by Gasteiger charge is 2.33. The van der Waals surface area contributed by atoms with Gasteiger partial charge >= 0.3 is 6.09 Å². The van der Waals surface area contributed by atoms with Crippen molar-refractivity contribution in [2.24, 2.45) is 5.41 Å². The Morgan fingerprint density at radius 2 is 1.77 bits per heavy atom. The standard InChI is InChI=1S/C30H29FN4O4/c1-2-3-10-30(11-12-30)13-18-39-29(38)35-16-14-34(15-17-35)28(37)24-19-21(8-9-25(24)31)20-26-22-6-4-5-7-23(22)27(36)33-32-26/h1,4-9,11-12,19H,3,10,13-18,20H2,(H,33,36). The van der Waals surface area contributed by atoms with E-state index in [1.807, 2.05) is 12.1 Å². The van der Waals surface area contributed by atoms with Crippen LogP contribution in [0.15, 0.2) is 59.4 Å². The van der Waals surface area contributed by atoms with Crippen molar-refractivity contribution in [3.63, 3.8) is 0 Å². The van der Waals surface area contributed by atoms with E-state index in [4.69, 9.17) is 11.2 Å². The number of H-pyrrole nitrogens is 1. The molecule has 1 aliphatic heterocycles. The van der Waals surface area contributed by atoms with Crippen LogP contribution >= 0.6 is 0 Å². The minimum absolute atomic E-state index is 0.0166. The average molecular weight is 529 g/mol. The first kappa shape index (κ1) is 26.2.